The van der Waals surface area contributed by atoms with Crippen molar-refractivity contribution in [2.24, 2.45) is 0 Å². The topological polar surface area (TPSA) is 30.5 Å². The van der Waals surface area contributed by atoms with Gasteiger partial charge in [0, 0.05) is 13.1 Å². The first kappa shape index (κ1) is 9.33. The summed E-state index contributed by atoms with van der Waals surface area (Å²) < 4.78 is 11.6. The van der Waals surface area contributed by atoms with Crippen LogP contribution in [0.1, 0.15) is 11.1 Å². The van der Waals surface area contributed by atoms with Crippen LogP contribution < -0.4 is 5.32 Å². The molecule has 3 nitrogen and oxygen atoms in total. The zero-order valence-corrected chi connectivity index (χ0v) is 8.66. The quantitative estimate of drug-likeness (QED) is 0.686. The molecule has 0 bridgehead atoms. The van der Waals surface area contributed by atoms with Gasteiger partial charge < -0.3 is 14.8 Å². The molecular weight excluding hydrogens is 190 g/mol. The van der Waals surface area contributed by atoms with E-state index in [9.17, 15) is 0 Å². The molecule has 3 heteroatoms. The Hall–Kier alpha value is -0.900. The zero-order chi connectivity index (χ0) is 10.1. The molecule has 1 atom stereocenters. The molecule has 2 aliphatic heterocycles. The molecule has 2 aliphatic rings. The number of rotatable bonds is 0. The van der Waals surface area contributed by atoms with Crippen molar-refractivity contribution in [3.05, 3.63) is 35.4 Å². The first-order valence-corrected chi connectivity index (χ1v) is 5.42. The number of hydrogen-bond donors (Lipinski definition) is 1. The molecular formula is C12H15NO2. The van der Waals surface area contributed by atoms with E-state index in [0.29, 0.717) is 13.2 Å². The first-order chi connectivity index (χ1) is 7.41. The van der Waals surface area contributed by atoms with E-state index in [1.165, 1.54) is 11.1 Å². The molecule has 0 radical (unpaired) electrons. The second kappa shape index (κ2) is 3.59. The minimum absolute atomic E-state index is 0.243. The summed E-state index contributed by atoms with van der Waals surface area (Å²) in [4.78, 5) is 0. The minimum Gasteiger partial charge on any atom is -0.373 e. The molecule has 1 spiro atoms. The van der Waals surface area contributed by atoms with Gasteiger partial charge in [-0.2, -0.15) is 0 Å². The second-order valence-corrected chi connectivity index (χ2v) is 4.17. The summed E-state index contributed by atoms with van der Waals surface area (Å²) in [5, 5.41) is 3.38. The number of ether oxygens (including phenoxy) is 2. The Labute approximate surface area is 89.4 Å². The van der Waals surface area contributed by atoms with E-state index < -0.39 is 0 Å². The molecule has 1 aromatic rings. The van der Waals surface area contributed by atoms with Crippen LogP contribution in [0.5, 0.6) is 0 Å². The van der Waals surface area contributed by atoms with E-state index in [1.54, 1.807) is 0 Å². The molecule has 0 aliphatic carbocycles. The van der Waals surface area contributed by atoms with Gasteiger partial charge in [-0.3, -0.25) is 0 Å². The molecule has 80 valence electrons. The van der Waals surface area contributed by atoms with Gasteiger partial charge in [0.2, 0.25) is 0 Å². The van der Waals surface area contributed by atoms with Crippen LogP contribution in [0.2, 0.25) is 0 Å². The number of hydrogen-bond acceptors (Lipinski definition) is 3. The van der Waals surface area contributed by atoms with E-state index in [-0.39, 0.29) is 5.60 Å². The lowest BCUT2D eigenvalue weighted by Crippen LogP contribution is -2.52. The fraction of sp³-hybridized carbons (Fsp3) is 0.500. The fourth-order valence-electron chi connectivity index (χ4n) is 2.42. The van der Waals surface area contributed by atoms with Gasteiger partial charge in [-0.15, -0.1) is 0 Å². The third-order valence-corrected chi connectivity index (χ3v) is 3.17. The van der Waals surface area contributed by atoms with Crippen LogP contribution in [0.4, 0.5) is 0 Å². The van der Waals surface area contributed by atoms with Crippen molar-refractivity contribution >= 4 is 0 Å². The van der Waals surface area contributed by atoms with Gasteiger partial charge in [0.25, 0.3) is 0 Å². The maximum atomic E-state index is 5.95. The monoisotopic (exact) mass is 205 g/mol. The van der Waals surface area contributed by atoms with Crippen molar-refractivity contribution in [2.45, 2.75) is 12.2 Å². The molecule has 2 heterocycles. The van der Waals surface area contributed by atoms with Crippen molar-refractivity contribution in [1.82, 2.24) is 5.32 Å². The number of benzene rings is 1. The first-order valence-electron chi connectivity index (χ1n) is 5.42. The molecule has 1 aromatic carbocycles. The minimum atomic E-state index is -0.243. The highest BCUT2D eigenvalue weighted by Crippen LogP contribution is 2.34. The van der Waals surface area contributed by atoms with Crippen molar-refractivity contribution in [2.75, 3.05) is 26.3 Å². The van der Waals surface area contributed by atoms with Gasteiger partial charge in [0.15, 0.2) is 0 Å². The third kappa shape index (κ3) is 1.47. The molecule has 1 saturated heterocycles. The van der Waals surface area contributed by atoms with Crippen LogP contribution in [0.25, 0.3) is 0 Å². The highest BCUT2D eigenvalue weighted by molar-refractivity contribution is 5.34. The van der Waals surface area contributed by atoms with Crippen LogP contribution in [-0.4, -0.2) is 26.3 Å². The van der Waals surface area contributed by atoms with E-state index >= 15 is 0 Å². The van der Waals surface area contributed by atoms with Crippen LogP contribution in [0, 0.1) is 0 Å². The summed E-state index contributed by atoms with van der Waals surface area (Å²) in [5.74, 6) is 0. The van der Waals surface area contributed by atoms with Crippen molar-refractivity contribution in [3.63, 3.8) is 0 Å². The molecule has 15 heavy (non-hydrogen) atoms. The maximum absolute atomic E-state index is 5.95. The molecule has 1 N–H and O–H groups in total. The Bertz CT molecular complexity index is 358. The second-order valence-electron chi connectivity index (χ2n) is 4.17. The van der Waals surface area contributed by atoms with E-state index in [2.05, 4.69) is 29.6 Å². The lowest BCUT2D eigenvalue weighted by Gasteiger charge is -2.41. The average Bonchev–Trinajstić information content (AvgIpc) is 2.31. The lowest BCUT2D eigenvalue weighted by molar-refractivity contribution is -0.133. The van der Waals surface area contributed by atoms with Gasteiger partial charge in [-0.1, -0.05) is 24.3 Å². The highest BCUT2D eigenvalue weighted by atomic mass is 16.5. The van der Waals surface area contributed by atoms with Crippen LogP contribution in [-0.2, 0) is 21.7 Å². The zero-order valence-electron chi connectivity index (χ0n) is 8.66. The number of fused-ring (bicyclic) bond motifs is 2. The molecule has 0 amide bonds. The van der Waals surface area contributed by atoms with Gasteiger partial charge in [-0.05, 0) is 11.1 Å². The molecule has 0 aromatic heterocycles. The van der Waals surface area contributed by atoms with Crippen molar-refractivity contribution in [3.8, 4) is 0 Å². The van der Waals surface area contributed by atoms with Crippen molar-refractivity contribution in [1.29, 1.82) is 0 Å². The summed E-state index contributed by atoms with van der Waals surface area (Å²) in [6.07, 6.45) is 0. The molecule has 1 unspecified atom stereocenters. The predicted octanol–water partition coefficient (Wildman–Crippen LogP) is 1.03. The van der Waals surface area contributed by atoms with E-state index in [1.807, 2.05) is 0 Å². The number of morpholine rings is 1. The Morgan fingerprint density at radius 2 is 2.20 bits per heavy atom. The van der Waals surface area contributed by atoms with Gasteiger partial charge >= 0.3 is 0 Å². The summed E-state index contributed by atoms with van der Waals surface area (Å²) in [6, 6.07) is 8.40. The summed E-state index contributed by atoms with van der Waals surface area (Å²) in [6.45, 7) is 3.92. The van der Waals surface area contributed by atoms with Gasteiger partial charge in [0.1, 0.15) is 5.60 Å². The van der Waals surface area contributed by atoms with E-state index in [4.69, 9.17) is 9.47 Å². The molecule has 1 fully saturated rings. The van der Waals surface area contributed by atoms with Gasteiger partial charge in [0.05, 0.1) is 19.8 Å². The smallest absolute Gasteiger partial charge is 0.129 e. The number of nitrogens with one attached hydrogen (secondary N) is 1. The summed E-state index contributed by atoms with van der Waals surface area (Å²) >= 11 is 0. The summed E-state index contributed by atoms with van der Waals surface area (Å²) in [7, 11) is 0. The lowest BCUT2D eigenvalue weighted by atomic mass is 9.87. The Balaban J connectivity index is 2.04. The normalized spacial score (nSPS) is 30.1. The van der Waals surface area contributed by atoms with Gasteiger partial charge in [-0.25, -0.2) is 0 Å². The highest BCUT2D eigenvalue weighted by Gasteiger charge is 2.39. The predicted molar refractivity (Wildman–Crippen MR) is 56.6 cm³/mol. The maximum Gasteiger partial charge on any atom is 0.129 e. The Morgan fingerprint density at radius 1 is 1.27 bits per heavy atom. The van der Waals surface area contributed by atoms with Crippen LogP contribution in [0.3, 0.4) is 0 Å². The molecule has 3 rings (SSSR count). The largest absolute Gasteiger partial charge is 0.373 e. The standard InChI is InChI=1S/C12H15NO2/c1-2-4-11-10(3-1)7-14-9-12(11)8-13-5-6-15-12/h1-4,13H,5-9H2. The van der Waals surface area contributed by atoms with Crippen molar-refractivity contribution < 1.29 is 9.47 Å². The Morgan fingerprint density at radius 3 is 3.07 bits per heavy atom. The Kier molecular flexibility index (Phi) is 2.24. The SMILES string of the molecule is c1ccc2c(c1)COCC21CNCCO1. The summed E-state index contributed by atoms with van der Waals surface area (Å²) in [5.41, 5.74) is 2.31. The third-order valence-electron chi connectivity index (χ3n) is 3.17. The molecule has 0 saturated carbocycles. The van der Waals surface area contributed by atoms with E-state index in [0.717, 1.165) is 19.7 Å². The van der Waals surface area contributed by atoms with Crippen LogP contribution >= 0.6 is 0 Å². The fourth-order valence-corrected chi connectivity index (χ4v) is 2.42. The average molecular weight is 205 g/mol. The van der Waals surface area contributed by atoms with Crippen LogP contribution in [0.15, 0.2) is 24.3 Å².